The highest BCUT2D eigenvalue weighted by Crippen LogP contribution is 2.52. The maximum Gasteiger partial charge on any atom is 0.202 e. The minimum atomic E-state index is -2.00. The summed E-state index contributed by atoms with van der Waals surface area (Å²) in [7, 11) is 1.34. The average molecular weight is 570 g/mol. The maximum atomic E-state index is 13.6. The second-order valence-electron chi connectivity index (χ2n) is 10.2. The first-order chi connectivity index (χ1) is 19.3. The number of phenols is 2. The molecule has 1 heterocycles. The van der Waals surface area contributed by atoms with Gasteiger partial charge in [0.1, 0.15) is 22.8 Å². The number of carbonyl (C=O) groups excluding carboxylic acids is 3. The minimum absolute atomic E-state index is 0.0147. The summed E-state index contributed by atoms with van der Waals surface area (Å²) in [5, 5.41) is 44.1. The van der Waals surface area contributed by atoms with Crippen LogP contribution < -0.4 is 10.5 Å². The van der Waals surface area contributed by atoms with Crippen LogP contribution in [0.4, 0.5) is 0 Å². The monoisotopic (exact) mass is 569 g/mol. The summed E-state index contributed by atoms with van der Waals surface area (Å²) in [6, 6.07) is 3.75. The SMILES string of the molecule is COc1cccc2c1C(=O)c1c(O)c3c(c(O)c1C2=O)C[C@@](O)(C(C)=O)C[C@@H]3O[C@H]1C[C@H](N)[C@H](O)[C@H](C)O1.[N-]=[N+]=[N-]. The molecular formula is C27H29N4O10-. The summed E-state index contributed by atoms with van der Waals surface area (Å²) in [5.74, 6) is -3.18. The Kier molecular flexibility index (Phi) is 8.09. The molecule has 0 saturated carbocycles. The van der Waals surface area contributed by atoms with Crippen LogP contribution in [0.25, 0.3) is 16.0 Å². The number of aliphatic hydroxyl groups is 2. The average Bonchev–Trinajstić information content (AvgIpc) is 2.92. The molecule has 2 aromatic rings. The van der Waals surface area contributed by atoms with Gasteiger partial charge < -0.3 is 51.4 Å². The molecule has 0 amide bonds. The van der Waals surface area contributed by atoms with Crippen LogP contribution in [0.2, 0.25) is 0 Å². The summed E-state index contributed by atoms with van der Waals surface area (Å²) in [6.07, 6.45) is -4.53. The molecule has 218 valence electrons. The Labute approximate surface area is 233 Å². The number of rotatable bonds is 4. The highest BCUT2D eigenvalue weighted by molar-refractivity contribution is 6.31. The predicted octanol–water partition coefficient (Wildman–Crippen LogP) is 1.89. The van der Waals surface area contributed by atoms with Crippen molar-refractivity contribution in [3.8, 4) is 17.2 Å². The van der Waals surface area contributed by atoms with Crippen molar-refractivity contribution in [3.63, 3.8) is 0 Å². The number of ketones is 3. The van der Waals surface area contributed by atoms with Gasteiger partial charge in [-0.2, -0.15) is 0 Å². The number of ether oxygens (including phenoxy) is 3. The lowest BCUT2D eigenvalue weighted by Crippen LogP contribution is -2.52. The van der Waals surface area contributed by atoms with Crippen LogP contribution in [-0.4, -0.2) is 75.0 Å². The third kappa shape index (κ3) is 4.90. The van der Waals surface area contributed by atoms with Crippen molar-refractivity contribution < 1.29 is 49.0 Å². The fraction of sp³-hybridized carbons (Fsp3) is 0.444. The Morgan fingerprint density at radius 2 is 1.78 bits per heavy atom. The molecule has 0 spiro atoms. The first-order valence-corrected chi connectivity index (χ1v) is 12.6. The Morgan fingerprint density at radius 3 is 2.37 bits per heavy atom. The molecule has 41 heavy (non-hydrogen) atoms. The lowest BCUT2D eigenvalue weighted by atomic mass is 9.72. The fourth-order valence-electron chi connectivity index (χ4n) is 5.66. The number of fused-ring (bicyclic) bond motifs is 3. The van der Waals surface area contributed by atoms with Gasteiger partial charge in [-0.15, -0.1) is 0 Å². The van der Waals surface area contributed by atoms with Crippen LogP contribution in [0.1, 0.15) is 75.8 Å². The van der Waals surface area contributed by atoms with Gasteiger partial charge in [0.05, 0.1) is 42.1 Å². The molecule has 6 atom stereocenters. The summed E-state index contributed by atoms with van der Waals surface area (Å²) >= 11 is 0. The van der Waals surface area contributed by atoms with Gasteiger partial charge in [-0.25, -0.2) is 0 Å². The van der Waals surface area contributed by atoms with Crippen LogP contribution in [0.5, 0.6) is 17.2 Å². The van der Waals surface area contributed by atoms with E-state index in [1.165, 1.54) is 37.1 Å². The Hall–Kier alpha value is -4.04. The summed E-state index contributed by atoms with van der Waals surface area (Å²) in [4.78, 5) is 41.1. The number of Topliss-reactive ketones (excluding diaryl/α,β-unsaturated/α-hetero) is 1. The number of hydrogen-bond donors (Lipinski definition) is 5. The normalized spacial score (nSPS) is 28.3. The molecule has 2 aliphatic carbocycles. The predicted molar refractivity (Wildman–Crippen MR) is 140 cm³/mol. The number of phenolic OH excluding ortho intramolecular Hbond substituents is 2. The van der Waals surface area contributed by atoms with E-state index in [2.05, 4.69) is 0 Å². The Bertz CT molecular complexity index is 1460. The topological polar surface area (TPSA) is 245 Å². The molecule has 3 aliphatic rings. The van der Waals surface area contributed by atoms with E-state index in [9.17, 15) is 34.8 Å². The Balaban J connectivity index is 0.00000124. The summed E-state index contributed by atoms with van der Waals surface area (Å²) in [6.45, 7) is 2.79. The number of carbonyl (C=O) groups is 3. The van der Waals surface area contributed by atoms with Gasteiger partial charge >= 0.3 is 0 Å². The summed E-state index contributed by atoms with van der Waals surface area (Å²) < 4.78 is 17.1. The van der Waals surface area contributed by atoms with Gasteiger partial charge in [-0.05, 0) is 19.9 Å². The van der Waals surface area contributed by atoms with Crippen molar-refractivity contribution in [2.45, 2.75) is 69.4 Å². The van der Waals surface area contributed by atoms with Crippen molar-refractivity contribution in [1.29, 1.82) is 0 Å². The highest BCUT2D eigenvalue weighted by atomic mass is 16.7. The summed E-state index contributed by atoms with van der Waals surface area (Å²) in [5.41, 5.74) is 16.5. The standard InChI is InChI=1S/C27H29NO10.N3/c1-10-22(30)14(28)7-17(37-10)38-16-9-27(35,11(2)29)8-13-19(16)26(34)21-20(24(13)32)23(31)12-5-4-6-15(36-3)18(12)25(21)33;1-3-2/h4-6,10,14,16-17,22,30,32,34-35H,7-9,28H2,1-3H3;/q;-1/t10-,14-,16-,17-,22+,27-;/m0./s1. The molecule has 14 nitrogen and oxygen atoms in total. The van der Waals surface area contributed by atoms with Crippen molar-refractivity contribution in [2.75, 3.05) is 7.11 Å². The second-order valence-corrected chi connectivity index (χ2v) is 10.2. The van der Waals surface area contributed by atoms with Gasteiger partial charge in [-0.3, -0.25) is 19.3 Å². The molecule has 14 heteroatoms. The van der Waals surface area contributed by atoms with E-state index in [-0.39, 0.29) is 40.8 Å². The number of hydrogen-bond acceptors (Lipinski definition) is 11. The van der Waals surface area contributed by atoms with Gasteiger partial charge in [0, 0.05) is 42.0 Å². The van der Waals surface area contributed by atoms with Crippen molar-refractivity contribution in [1.82, 2.24) is 0 Å². The first kappa shape index (κ1) is 29.9. The van der Waals surface area contributed by atoms with Crippen molar-refractivity contribution in [2.24, 2.45) is 5.73 Å². The van der Waals surface area contributed by atoms with Crippen LogP contribution in [-0.2, 0) is 20.7 Å². The number of methoxy groups -OCH3 is 1. The number of benzene rings is 2. The quantitative estimate of drug-likeness (QED) is 0.131. The van der Waals surface area contributed by atoms with Crippen LogP contribution in [0.3, 0.4) is 0 Å². The van der Waals surface area contributed by atoms with Crippen LogP contribution >= 0.6 is 0 Å². The van der Waals surface area contributed by atoms with E-state index >= 15 is 0 Å². The van der Waals surface area contributed by atoms with E-state index in [0.29, 0.717) is 0 Å². The molecule has 0 radical (unpaired) electrons. The second kappa shape index (κ2) is 11.1. The zero-order valence-electron chi connectivity index (χ0n) is 22.4. The highest BCUT2D eigenvalue weighted by Gasteiger charge is 2.49. The first-order valence-electron chi connectivity index (χ1n) is 12.6. The third-order valence-electron chi connectivity index (χ3n) is 7.80. The number of nitrogens with zero attached hydrogens (tertiary/aromatic N) is 3. The largest absolute Gasteiger partial charge is 0.507 e. The molecule has 0 unspecified atom stereocenters. The van der Waals surface area contributed by atoms with Gasteiger partial charge in [-0.1, -0.05) is 12.1 Å². The number of aliphatic hydroxyl groups excluding tert-OH is 1. The molecule has 1 saturated heterocycles. The fourth-order valence-corrected chi connectivity index (χ4v) is 5.66. The van der Waals surface area contributed by atoms with Crippen LogP contribution in [0.15, 0.2) is 18.2 Å². The third-order valence-corrected chi connectivity index (χ3v) is 7.80. The van der Waals surface area contributed by atoms with E-state index in [0.717, 1.165) is 0 Å². The van der Waals surface area contributed by atoms with Crippen molar-refractivity contribution >= 4 is 17.3 Å². The zero-order valence-corrected chi connectivity index (χ0v) is 22.4. The molecule has 6 N–H and O–H groups in total. The van der Waals surface area contributed by atoms with Gasteiger partial charge in [0.25, 0.3) is 0 Å². The number of aromatic hydroxyl groups is 2. The maximum absolute atomic E-state index is 13.6. The molecule has 0 aromatic heterocycles. The van der Waals surface area contributed by atoms with Gasteiger partial charge in [0.2, 0.25) is 5.78 Å². The van der Waals surface area contributed by atoms with Crippen LogP contribution in [0, 0.1) is 0 Å². The molecular weight excluding hydrogens is 540 g/mol. The molecule has 2 aromatic carbocycles. The minimum Gasteiger partial charge on any atom is -0.507 e. The zero-order chi connectivity index (χ0) is 30.4. The van der Waals surface area contributed by atoms with Gasteiger partial charge in [0.15, 0.2) is 17.9 Å². The van der Waals surface area contributed by atoms with Crippen molar-refractivity contribution in [3.05, 3.63) is 67.6 Å². The smallest absolute Gasteiger partial charge is 0.202 e. The number of nitrogens with two attached hydrogens (primary N) is 1. The molecule has 0 bridgehead atoms. The molecule has 1 fully saturated rings. The Morgan fingerprint density at radius 1 is 1.15 bits per heavy atom. The molecule has 5 rings (SSSR count). The van der Waals surface area contributed by atoms with E-state index in [1.54, 1.807) is 6.92 Å². The van der Waals surface area contributed by atoms with E-state index in [1.807, 2.05) is 0 Å². The lowest BCUT2D eigenvalue weighted by Gasteiger charge is -2.42. The molecule has 1 aliphatic heterocycles. The van der Waals surface area contributed by atoms with E-state index < -0.39 is 82.6 Å². The lowest BCUT2D eigenvalue weighted by molar-refractivity contribution is -0.247. The van der Waals surface area contributed by atoms with E-state index in [4.69, 9.17) is 31.0 Å².